The lowest BCUT2D eigenvalue weighted by atomic mass is 10.2. The van der Waals surface area contributed by atoms with Gasteiger partial charge in [0.25, 0.3) is 5.91 Å². The average molecular weight is 249 g/mol. The van der Waals surface area contributed by atoms with E-state index in [1.54, 1.807) is 24.3 Å². The van der Waals surface area contributed by atoms with Gasteiger partial charge in [-0.15, -0.1) is 5.06 Å². The molecule has 1 rings (SSSR count). The topological polar surface area (TPSA) is 63.7 Å². The van der Waals surface area contributed by atoms with Gasteiger partial charge >= 0.3 is 5.97 Å². The molecule has 0 aliphatic rings. The standard InChI is InChI=1S/C13H15NO4/c1-9-4-6-12(7-5-9)14(11(3)16)18-13(17)8-10(2)15/h4-7H,8H2,1-3H3. The molecule has 5 nitrogen and oxygen atoms in total. The highest BCUT2D eigenvalue weighted by Crippen LogP contribution is 2.16. The Morgan fingerprint density at radius 1 is 1.11 bits per heavy atom. The van der Waals surface area contributed by atoms with Crippen LogP contribution in [0.4, 0.5) is 5.69 Å². The molecule has 0 bridgehead atoms. The molecule has 0 aromatic heterocycles. The molecule has 0 spiro atoms. The van der Waals surface area contributed by atoms with Gasteiger partial charge in [-0.25, -0.2) is 4.79 Å². The second-order valence-electron chi connectivity index (χ2n) is 3.99. The number of anilines is 1. The molecule has 0 atom stereocenters. The fourth-order valence-corrected chi connectivity index (χ4v) is 1.32. The van der Waals surface area contributed by atoms with Crippen LogP contribution in [0.15, 0.2) is 24.3 Å². The third-order valence-electron chi connectivity index (χ3n) is 2.14. The van der Waals surface area contributed by atoms with Crippen molar-refractivity contribution in [3.63, 3.8) is 0 Å². The fourth-order valence-electron chi connectivity index (χ4n) is 1.32. The molecule has 96 valence electrons. The number of aryl methyl sites for hydroxylation is 1. The van der Waals surface area contributed by atoms with Crippen LogP contribution in [0.1, 0.15) is 25.8 Å². The maximum atomic E-state index is 11.4. The summed E-state index contributed by atoms with van der Waals surface area (Å²) in [6.45, 7) is 4.47. The zero-order valence-electron chi connectivity index (χ0n) is 10.6. The molecule has 0 unspecified atom stereocenters. The third-order valence-corrected chi connectivity index (χ3v) is 2.14. The van der Waals surface area contributed by atoms with Gasteiger partial charge in [-0.1, -0.05) is 17.7 Å². The Morgan fingerprint density at radius 3 is 2.11 bits per heavy atom. The zero-order valence-corrected chi connectivity index (χ0v) is 10.6. The summed E-state index contributed by atoms with van der Waals surface area (Å²) in [7, 11) is 0. The number of carbonyl (C=O) groups is 3. The smallest absolute Gasteiger partial charge is 0.333 e. The van der Waals surface area contributed by atoms with Crippen molar-refractivity contribution in [1.82, 2.24) is 0 Å². The van der Waals surface area contributed by atoms with Gasteiger partial charge in [0.2, 0.25) is 0 Å². The van der Waals surface area contributed by atoms with Crippen LogP contribution in [0.3, 0.4) is 0 Å². The monoisotopic (exact) mass is 249 g/mol. The van der Waals surface area contributed by atoms with Crippen molar-refractivity contribution in [3.05, 3.63) is 29.8 Å². The first kappa shape index (κ1) is 13.9. The highest BCUT2D eigenvalue weighted by atomic mass is 16.7. The molecule has 0 N–H and O–H groups in total. The Labute approximate surface area is 105 Å². The highest BCUT2D eigenvalue weighted by molar-refractivity contribution is 5.97. The molecule has 0 heterocycles. The van der Waals surface area contributed by atoms with E-state index in [4.69, 9.17) is 4.84 Å². The highest BCUT2D eigenvalue weighted by Gasteiger charge is 2.18. The molecule has 0 saturated carbocycles. The molecule has 5 heteroatoms. The van der Waals surface area contributed by atoms with Crippen LogP contribution in [0.2, 0.25) is 0 Å². The van der Waals surface area contributed by atoms with E-state index >= 15 is 0 Å². The average Bonchev–Trinajstić information content (AvgIpc) is 2.26. The lowest BCUT2D eigenvalue weighted by Crippen LogP contribution is -2.32. The zero-order chi connectivity index (χ0) is 13.7. The third kappa shape index (κ3) is 4.01. The van der Waals surface area contributed by atoms with E-state index in [-0.39, 0.29) is 12.2 Å². The summed E-state index contributed by atoms with van der Waals surface area (Å²) in [5.41, 5.74) is 1.47. The van der Waals surface area contributed by atoms with Gasteiger partial charge < -0.3 is 4.84 Å². The van der Waals surface area contributed by atoms with Crippen LogP contribution in [-0.2, 0) is 19.2 Å². The Morgan fingerprint density at radius 2 is 1.67 bits per heavy atom. The maximum absolute atomic E-state index is 11.4. The van der Waals surface area contributed by atoms with Crippen LogP contribution in [0.5, 0.6) is 0 Å². The van der Waals surface area contributed by atoms with Gasteiger partial charge in [0.15, 0.2) is 0 Å². The number of benzene rings is 1. The van der Waals surface area contributed by atoms with E-state index in [0.717, 1.165) is 10.6 Å². The maximum Gasteiger partial charge on any atom is 0.340 e. The van der Waals surface area contributed by atoms with Gasteiger partial charge in [0.05, 0.1) is 5.69 Å². The summed E-state index contributed by atoms with van der Waals surface area (Å²) in [5, 5.41) is 0.880. The molecule has 0 aliphatic heterocycles. The predicted octanol–water partition coefficient (Wildman–Crippen LogP) is 1.79. The minimum atomic E-state index is -0.752. The number of rotatable bonds is 3. The first-order chi connectivity index (χ1) is 8.40. The molecule has 0 fully saturated rings. The van der Waals surface area contributed by atoms with Crippen molar-refractivity contribution in [1.29, 1.82) is 0 Å². The first-order valence-electron chi connectivity index (χ1n) is 5.47. The molecule has 18 heavy (non-hydrogen) atoms. The second-order valence-corrected chi connectivity index (χ2v) is 3.99. The number of hydrogen-bond donors (Lipinski definition) is 0. The van der Waals surface area contributed by atoms with E-state index in [9.17, 15) is 14.4 Å². The minimum absolute atomic E-state index is 0.313. The van der Waals surface area contributed by atoms with Crippen molar-refractivity contribution in [2.24, 2.45) is 0 Å². The summed E-state index contributed by atoms with van der Waals surface area (Å²) < 4.78 is 0. The van der Waals surface area contributed by atoms with E-state index in [2.05, 4.69) is 0 Å². The van der Waals surface area contributed by atoms with Gasteiger partial charge in [-0.05, 0) is 26.0 Å². The van der Waals surface area contributed by atoms with E-state index < -0.39 is 11.9 Å². The van der Waals surface area contributed by atoms with Crippen LogP contribution < -0.4 is 5.06 Å². The van der Waals surface area contributed by atoms with Crippen LogP contribution in [0.25, 0.3) is 0 Å². The molecule has 0 radical (unpaired) electrons. The van der Waals surface area contributed by atoms with Crippen LogP contribution in [0, 0.1) is 6.92 Å². The summed E-state index contributed by atoms with van der Waals surface area (Å²) in [4.78, 5) is 38.4. The van der Waals surface area contributed by atoms with Crippen molar-refractivity contribution in [2.45, 2.75) is 27.2 Å². The molecule has 1 amide bonds. The normalized spacial score (nSPS) is 9.72. The predicted molar refractivity (Wildman–Crippen MR) is 65.7 cm³/mol. The largest absolute Gasteiger partial charge is 0.340 e. The van der Waals surface area contributed by atoms with Crippen molar-refractivity contribution in [2.75, 3.05) is 5.06 Å². The number of Topliss-reactive ketones (excluding diaryl/α,β-unsaturated/α-hetero) is 1. The Hall–Kier alpha value is -2.17. The number of ketones is 1. The summed E-state index contributed by atoms with van der Waals surface area (Å²) >= 11 is 0. The van der Waals surface area contributed by atoms with Crippen LogP contribution in [-0.4, -0.2) is 17.7 Å². The number of hydroxylamine groups is 1. The first-order valence-corrected chi connectivity index (χ1v) is 5.47. The summed E-state index contributed by atoms with van der Waals surface area (Å²) in [6.07, 6.45) is -0.352. The second kappa shape index (κ2) is 5.95. The fraction of sp³-hybridized carbons (Fsp3) is 0.308. The Bertz CT molecular complexity index is 464. The molecular formula is C13H15NO4. The number of carbonyl (C=O) groups excluding carboxylic acids is 3. The van der Waals surface area contributed by atoms with Gasteiger partial charge in [-0.2, -0.15) is 0 Å². The lowest BCUT2D eigenvalue weighted by molar-refractivity contribution is -0.151. The summed E-state index contributed by atoms with van der Waals surface area (Å²) in [6, 6.07) is 6.92. The Balaban J connectivity index is 2.83. The van der Waals surface area contributed by atoms with Crippen molar-refractivity contribution >= 4 is 23.3 Å². The Kier molecular flexibility index (Phi) is 4.59. The molecule has 1 aromatic carbocycles. The molecule has 0 aliphatic carbocycles. The lowest BCUT2D eigenvalue weighted by Gasteiger charge is -2.19. The van der Waals surface area contributed by atoms with E-state index in [1.165, 1.54) is 13.8 Å². The number of hydrogen-bond acceptors (Lipinski definition) is 4. The number of amides is 1. The van der Waals surface area contributed by atoms with Crippen LogP contribution >= 0.6 is 0 Å². The minimum Gasteiger partial charge on any atom is -0.333 e. The van der Waals surface area contributed by atoms with Gasteiger partial charge in [0, 0.05) is 6.92 Å². The number of nitrogens with zero attached hydrogens (tertiary/aromatic N) is 1. The van der Waals surface area contributed by atoms with Crippen molar-refractivity contribution in [3.8, 4) is 0 Å². The molecular weight excluding hydrogens is 234 g/mol. The van der Waals surface area contributed by atoms with Gasteiger partial charge in [0.1, 0.15) is 12.2 Å². The quantitative estimate of drug-likeness (QED) is 0.605. The summed E-state index contributed by atoms with van der Waals surface area (Å²) in [5.74, 6) is -1.50. The van der Waals surface area contributed by atoms with E-state index in [0.29, 0.717) is 5.69 Å². The molecule has 0 saturated heterocycles. The van der Waals surface area contributed by atoms with Crippen molar-refractivity contribution < 1.29 is 19.2 Å². The molecule has 1 aromatic rings. The SMILES string of the molecule is CC(=O)CC(=O)ON(C(C)=O)c1ccc(C)cc1. The van der Waals surface area contributed by atoms with Gasteiger partial charge in [-0.3, -0.25) is 9.59 Å². The van der Waals surface area contributed by atoms with E-state index in [1.807, 2.05) is 6.92 Å².